The lowest BCUT2D eigenvalue weighted by molar-refractivity contribution is 0.0601. The number of hydrogen-bond donors (Lipinski definition) is 2. The van der Waals surface area contributed by atoms with Crippen molar-refractivity contribution in [2.24, 2.45) is 0 Å². The summed E-state index contributed by atoms with van der Waals surface area (Å²) in [5.41, 5.74) is 3.18. The summed E-state index contributed by atoms with van der Waals surface area (Å²) in [6.07, 6.45) is 0. The van der Waals surface area contributed by atoms with Crippen LogP contribution in [0.4, 0.5) is 0 Å². The molecule has 5 heteroatoms. The van der Waals surface area contributed by atoms with E-state index in [1.165, 1.54) is 13.2 Å². The minimum atomic E-state index is -0.432. The largest absolute Gasteiger partial charge is 0.508 e. The predicted octanol–water partition coefficient (Wildman–Crippen LogP) is 4.18. The molecule has 128 valence electrons. The number of aromatic hydroxyl groups is 1. The maximum Gasteiger partial charge on any atom is 0.338 e. The Kier molecular flexibility index (Phi) is 3.69. The zero-order valence-electron chi connectivity index (χ0n) is 13.9. The molecule has 1 heterocycles. The van der Waals surface area contributed by atoms with Crippen LogP contribution in [0.3, 0.4) is 0 Å². The summed E-state index contributed by atoms with van der Waals surface area (Å²) in [4.78, 5) is 12.3. The van der Waals surface area contributed by atoms with Crippen LogP contribution < -0.4 is 5.36 Å². The maximum absolute atomic E-state index is 12.3. The van der Waals surface area contributed by atoms with Crippen molar-refractivity contribution >= 4 is 16.9 Å². The summed E-state index contributed by atoms with van der Waals surface area (Å²) >= 11 is 0. The fraction of sp³-hybridized carbons (Fsp3) is 0.0476. The van der Waals surface area contributed by atoms with E-state index in [0.717, 1.165) is 16.5 Å². The van der Waals surface area contributed by atoms with Crippen LogP contribution in [0.1, 0.15) is 10.4 Å². The smallest absolute Gasteiger partial charge is 0.338 e. The lowest BCUT2D eigenvalue weighted by atomic mass is 9.91. The number of hydrogen-bond acceptors (Lipinski definition) is 5. The van der Waals surface area contributed by atoms with Gasteiger partial charge in [-0.05, 0) is 35.9 Å². The first-order valence-electron chi connectivity index (χ1n) is 8.00. The van der Waals surface area contributed by atoms with Crippen LogP contribution in [0.25, 0.3) is 33.4 Å². The summed E-state index contributed by atoms with van der Waals surface area (Å²) in [5.74, 6) is 0.152. The first kappa shape index (κ1) is 15.9. The Labute approximate surface area is 148 Å². The first-order chi connectivity index (χ1) is 12.6. The summed E-state index contributed by atoms with van der Waals surface area (Å²) in [6, 6.07) is 17.1. The summed E-state index contributed by atoms with van der Waals surface area (Å²) < 4.78 is 10.8. The molecule has 26 heavy (non-hydrogen) atoms. The van der Waals surface area contributed by atoms with Gasteiger partial charge in [0.2, 0.25) is 0 Å². The van der Waals surface area contributed by atoms with E-state index in [4.69, 9.17) is 14.6 Å². The van der Waals surface area contributed by atoms with Crippen LogP contribution in [-0.4, -0.2) is 18.2 Å². The van der Waals surface area contributed by atoms with E-state index in [1.54, 1.807) is 42.5 Å². The highest BCUT2D eigenvalue weighted by Gasteiger charge is 2.21. The number of phenols is 1. The molecule has 0 fully saturated rings. The zero-order valence-corrected chi connectivity index (χ0v) is 13.9. The van der Waals surface area contributed by atoms with Gasteiger partial charge in [0.05, 0.1) is 18.0 Å². The van der Waals surface area contributed by atoms with Crippen LogP contribution in [0.2, 0.25) is 0 Å². The lowest BCUT2D eigenvalue weighted by Crippen LogP contribution is -2.05. The molecule has 0 saturated carbocycles. The third kappa shape index (κ3) is 2.50. The molecular weight excluding hydrogens is 330 g/mol. The molecule has 5 nitrogen and oxygen atoms in total. The highest BCUT2D eigenvalue weighted by Crippen LogP contribution is 2.41. The molecule has 0 bridgehead atoms. The number of methoxy groups -OCH3 is 1. The molecule has 2 aromatic rings. The minimum Gasteiger partial charge on any atom is -0.508 e. The molecule has 0 amide bonds. The molecule has 2 aliphatic rings. The van der Waals surface area contributed by atoms with Gasteiger partial charge in [-0.25, -0.2) is 4.79 Å². The van der Waals surface area contributed by atoms with Gasteiger partial charge >= 0.3 is 5.97 Å². The van der Waals surface area contributed by atoms with E-state index < -0.39 is 5.97 Å². The van der Waals surface area contributed by atoms with Crippen molar-refractivity contribution < 1.29 is 19.1 Å². The van der Waals surface area contributed by atoms with E-state index in [1.807, 2.05) is 12.1 Å². The second-order valence-corrected chi connectivity index (χ2v) is 5.91. The van der Waals surface area contributed by atoms with Crippen molar-refractivity contribution in [2.45, 2.75) is 0 Å². The van der Waals surface area contributed by atoms with Gasteiger partial charge in [0.1, 0.15) is 17.1 Å². The van der Waals surface area contributed by atoms with Gasteiger partial charge in [-0.15, -0.1) is 0 Å². The molecule has 0 radical (unpaired) electrons. The normalized spacial score (nSPS) is 11.0. The van der Waals surface area contributed by atoms with Gasteiger partial charge in [0.15, 0.2) is 0 Å². The topological polar surface area (TPSA) is 83.5 Å². The predicted molar refractivity (Wildman–Crippen MR) is 97.1 cm³/mol. The lowest BCUT2D eigenvalue weighted by Gasteiger charge is -2.17. The van der Waals surface area contributed by atoms with Gasteiger partial charge in [0, 0.05) is 28.6 Å². The average Bonchev–Trinajstić information content (AvgIpc) is 2.65. The molecule has 0 atom stereocenters. The number of benzene rings is 3. The van der Waals surface area contributed by atoms with Crippen molar-refractivity contribution in [1.29, 1.82) is 5.41 Å². The number of carbonyl (C=O) groups excluding carboxylic acids is 1. The standard InChI is InChI=1S/C21H15NO4/c1-25-21(24)15-5-3-2-4-14(15)20-16-8-6-12(22)10-18(16)26-19-11-13(23)7-9-17(19)20/h2-11,22-23H,1H3. The molecule has 2 aromatic carbocycles. The highest BCUT2D eigenvalue weighted by atomic mass is 16.5. The zero-order chi connectivity index (χ0) is 18.3. The van der Waals surface area contributed by atoms with Crippen LogP contribution in [0.5, 0.6) is 5.75 Å². The second kappa shape index (κ2) is 6.04. The molecule has 4 rings (SSSR count). The summed E-state index contributed by atoms with van der Waals surface area (Å²) in [7, 11) is 1.35. The third-order valence-corrected chi connectivity index (χ3v) is 4.31. The van der Waals surface area contributed by atoms with E-state index >= 15 is 0 Å². The molecule has 0 saturated heterocycles. The van der Waals surface area contributed by atoms with Crippen molar-refractivity contribution in [1.82, 2.24) is 0 Å². The number of ether oxygens (including phenoxy) is 1. The van der Waals surface area contributed by atoms with Crippen LogP contribution in [0.15, 0.2) is 65.1 Å². The Morgan fingerprint density at radius 3 is 2.65 bits per heavy atom. The van der Waals surface area contributed by atoms with Crippen molar-refractivity contribution in [3.8, 4) is 28.2 Å². The third-order valence-electron chi connectivity index (χ3n) is 4.31. The quantitative estimate of drug-likeness (QED) is 0.422. The van der Waals surface area contributed by atoms with Gasteiger partial charge < -0.3 is 19.7 Å². The number of nitrogens with one attached hydrogen (secondary N) is 1. The molecule has 2 N–H and O–H groups in total. The monoisotopic (exact) mass is 345 g/mol. The van der Waals surface area contributed by atoms with E-state index in [-0.39, 0.29) is 5.75 Å². The molecule has 1 aliphatic heterocycles. The van der Waals surface area contributed by atoms with Crippen LogP contribution in [-0.2, 0) is 4.74 Å². The SMILES string of the molecule is COC(=O)c1ccccc1-c1c2ccc(=N)cc-2oc2cc(O)ccc12. The maximum atomic E-state index is 12.3. The Morgan fingerprint density at radius 2 is 1.85 bits per heavy atom. The minimum absolute atomic E-state index is 0.0785. The molecule has 0 aromatic heterocycles. The molecular formula is C21H15NO4. The van der Waals surface area contributed by atoms with E-state index in [9.17, 15) is 9.90 Å². The van der Waals surface area contributed by atoms with E-state index in [2.05, 4.69) is 0 Å². The Balaban J connectivity index is 2.18. The molecule has 0 spiro atoms. The number of phenolic OH excluding ortho intramolecular Hbond substituents is 1. The summed E-state index contributed by atoms with van der Waals surface area (Å²) in [6.45, 7) is 0. The average molecular weight is 345 g/mol. The highest BCUT2D eigenvalue weighted by molar-refractivity contribution is 6.07. The van der Waals surface area contributed by atoms with Crippen molar-refractivity contribution in [3.63, 3.8) is 0 Å². The van der Waals surface area contributed by atoms with Gasteiger partial charge in [-0.1, -0.05) is 18.2 Å². The number of rotatable bonds is 2. The Bertz CT molecular complexity index is 1180. The fourth-order valence-corrected chi connectivity index (χ4v) is 3.16. The van der Waals surface area contributed by atoms with Gasteiger partial charge in [-0.3, -0.25) is 0 Å². The summed E-state index contributed by atoms with van der Waals surface area (Å²) in [5, 5.41) is 18.8. The second-order valence-electron chi connectivity index (χ2n) is 5.91. The van der Waals surface area contributed by atoms with Crippen LogP contribution in [0, 0.1) is 5.41 Å². The van der Waals surface area contributed by atoms with Crippen molar-refractivity contribution in [3.05, 3.63) is 71.6 Å². The fourth-order valence-electron chi connectivity index (χ4n) is 3.16. The first-order valence-corrected chi connectivity index (χ1v) is 8.00. The van der Waals surface area contributed by atoms with Gasteiger partial charge in [0.25, 0.3) is 0 Å². The number of carbonyl (C=O) groups is 1. The molecule has 1 aliphatic carbocycles. The molecule has 0 unspecified atom stereocenters. The Hall–Kier alpha value is -3.60. The van der Waals surface area contributed by atoms with Crippen LogP contribution >= 0.6 is 0 Å². The number of esters is 1. The van der Waals surface area contributed by atoms with E-state index in [0.29, 0.717) is 27.8 Å². The Morgan fingerprint density at radius 1 is 1.04 bits per heavy atom. The van der Waals surface area contributed by atoms with Gasteiger partial charge in [-0.2, -0.15) is 0 Å². The number of fused-ring (bicyclic) bond motifs is 2. The van der Waals surface area contributed by atoms with Crippen molar-refractivity contribution in [2.75, 3.05) is 7.11 Å².